The maximum atomic E-state index is 12.3. The van der Waals surface area contributed by atoms with Crippen molar-refractivity contribution in [1.82, 2.24) is 0 Å². The molecule has 1 unspecified atom stereocenters. The Balaban J connectivity index is 2.84. The Bertz CT molecular complexity index is 244. The molecule has 13 heavy (non-hydrogen) atoms. The zero-order valence-corrected chi connectivity index (χ0v) is 7.69. The van der Waals surface area contributed by atoms with Gasteiger partial charge in [-0.15, -0.1) is 0 Å². The molecule has 0 aromatic rings. The van der Waals surface area contributed by atoms with Crippen LogP contribution in [0.5, 0.6) is 0 Å². The maximum absolute atomic E-state index is 12.3. The molecule has 74 valence electrons. The first-order valence-electron chi connectivity index (χ1n) is 3.73. The lowest BCUT2D eigenvalue weighted by atomic mass is 9.89. The summed E-state index contributed by atoms with van der Waals surface area (Å²) in [6, 6.07) is 0. The van der Waals surface area contributed by atoms with E-state index in [1.54, 1.807) is 0 Å². The first-order chi connectivity index (χ1) is 5.96. The maximum Gasteiger partial charge on any atom is 0.395 e. The minimum absolute atomic E-state index is 0.352. The van der Waals surface area contributed by atoms with Gasteiger partial charge in [-0.05, 0) is 0 Å². The highest BCUT2D eigenvalue weighted by Crippen LogP contribution is 2.41. The van der Waals surface area contributed by atoms with Crippen LogP contribution < -0.4 is 0 Å². The van der Waals surface area contributed by atoms with E-state index in [0.29, 0.717) is 16.9 Å². The molecule has 0 spiro atoms. The molecule has 1 rings (SSSR count). The summed E-state index contributed by atoms with van der Waals surface area (Å²) in [4.78, 5) is 0.352. The van der Waals surface area contributed by atoms with Crippen LogP contribution in [0.15, 0.2) is 23.1 Å². The normalized spacial score (nSPS) is 28.8. The van der Waals surface area contributed by atoms with E-state index in [1.807, 2.05) is 0 Å². The Morgan fingerprint density at radius 2 is 2.08 bits per heavy atom. The molecule has 1 aliphatic rings. The van der Waals surface area contributed by atoms with Gasteiger partial charge in [0.1, 0.15) is 0 Å². The van der Waals surface area contributed by atoms with E-state index in [9.17, 15) is 13.2 Å². The van der Waals surface area contributed by atoms with Crippen molar-refractivity contribution in [2.45, 2.75) is 13.1 Å². The average Bonchev–Trinajstić information content (AvgIpc) is 2.02. The zero-order valence-electron chi connectivity index (χ0n) is 6.88. The monoisotopic (exact) mass is 210 g/mol. The summed E-state index contributed by atoms with van der Waals surface area (Å²) in [5, 5.41) is 0. The van der Waals surface area contributed by atoms with Crippen molar-refractivity contribution in [3.05, 3.63) is 23.1 Å². The van der Waals surface area contributed by atoms with Crippen LogP contribution >= 0.6 is 12.0 Å². The van der Waals surface area contributed by atoms with E-state index in [2.05, 4.69) is 0 Å². The van der Waals surface area contributed by atoms with Crippen molar-refractivity contribution in [2.24, 2.45) is 11.8 Å². The van der Waals surface area contributed by atoms with Gasteiger partial charge in [-0.25, -0.2) is 0 Å². The van der Waals surface area contributed by atoms with Gasteiger partial charge in [-0.1, -0.05) is 25.2 Å². The van der Waals surface area contributed by atoms with Crippen molar-refractivity contribution >= 4 is 12.0 Å². The number of halogens is 3. The van der Waals surface area contributed by atoms with Crippen LogP contribution in [0, 0.1) is 11.8 Å². The largest absolute Gasteiger partial charge is 0.395 e. The number of allylic oxidation sites excluding steroid dienone is 4. The molecule has 1 nitrogen and oxygen atoms in total. The third kappa shape index (κ3) is 2.28. The minimum atomic E-state index is -4.23. The molecule has 2 atom stereocenters. The summed E-state index contributed by atoms with van der Waals surface area (Å²) < 4.78 is 45.7. The second-order valence-corrected chi connectivity index (χ2v) is 3.56. The second kappa shape index (κ2) is 3.75. The molecule has 0 heterocycles. The molecular formula is C8H9F3OS. The molecule has 1 N–H and O–H groups in total. The van der Waals surface area contributed by atoms with Gasteiger partial charge < -0.3 is 4.55 Å². The zero-order chi connectivity index (χ0) is 10.1. The van der Waals surface area contributed by atoms with Gasteiger partial charge in [0.25, 0.3) is 0 Å². The Morgan fingerprint density at radius 3 is 2.54 bits per heavy atom. The fourth-order valence-corrected chi connectivity index (χ4v) is 1.72. The lowest BCUT2D eigenvalue weighted by molar-refractivity contribution is -0.169. The van der Waals surface area contributed by atoms with Crippen molar-refractivity contribution in [1.29, 1.82) is 0 Å². The highest BCUT2D eigenvalue weighted by Gasteiger charge is 2.43. The molecule has 0 aromatic heterocycles. The molecule has 0 amide bonds. The fraction of sp³-hybridized carbons (Fsp3) is 0.500. The number of hydrogen-bond donors (Lipinski definition) is 1. The van der Waals surface area contributed by atoms with Crippen LogP contribution in [0.4, 0.5) is 13.2 Å². The quantitative estimate of drug-likeness (QED) is 0.669. The third-order valence-electron chi connectivity index (χ3n) is 2.05. The SMILES string of the molecule is C[C@@H]1C(SO)=CC=CC1C(F)(F)F. The topological polar surface area (TPSA) is 20.2 Å². The molecule has 0 bridgehead atoms. The van der Waals surface area contributed by atoms with Gasteiger partial charge in [-0.2, -0.15) is 13.2 Å². The van der Waals surface area contributed by atoms with Crippen LogP contribution in [0.25, 0.3) is 0 Å². The van der Waals surface area contributed by atoms with Crippen LogP contribution in [0.2, 0.25) is 0 Å². The molecular weight excluding hydrogens is 201 g/mol. The van der Waals surface area contributed by atoms with Crippen LogP contribution in [-0.4, -0.2) is 10.7 Å². The standard InChI is InChI=1S/C8H9F3OS/c1-5-6(8(9,10)11)3-2-4-7(5)13-12/h2-6,12H,1H3/t5-,6?/m0/s1. The highest BCUT2D eigenvalue weighted by atomic mass is 32.2. The Morgan fingerprint density at radius 1 is 1.46 bits per heavy atom. The molecule has 0 radical (unpaired) electrons. The number of hydrogen-bond acceptors (Lipinski definition) is 2. The molecule has 0 saturated carbocycles. The number of alkyl halides is 3. The van der Waals surface area contributed by atoms with E-state index in [4.69, 9.17) is 4.55 Å². The van der Waals surface area contributed by atoms with Crippen molar-refractivity contribution in [3.8, 4) is 0 Å². The van der Waals surface area contributed by atoms with E-state index >= 15 is 0 Å². The minimum Gasteiger partial charge on any atom is -0.326 e. The van der Waals surface area contributed by atoms with E-state index in [0.717, 1.165) is 6.08 Å². The predicted octanol–water partition coefficient (Wildman–Crippen LogP) is 3.46. The molecule has 0 fully saturated rings. The Kier molecular flexibility index (Phi) is 3.08. The molecule has 0 saturated heterocycles. The van der Waals surface area contributed by atoms with Gasteiger partial charge in [0.2, 0.25) is 0 Å². The van der Waals surface area contributed by atoms with Gasteiger partial charge in [0, 0.05) is 22.9 Å². The summed E-state index contributed by atoms with van der Waals surface area (Å²) in [5.74, 6) is -2.17. The van der Waals surface area contributed by atoms with E-state index in [1.165, 1.54) is 19.1 Å². The lowest BCUT2D eigenvalue weighted by Crippen LogP contribution is -2.28. The second-order valence-electron chi connectivity index (χ2n) is 2.90. The Hall–Kier alpha value is -0.420. The lowest BCUT2D eigenvalue weighted by Gasteiger charge is -2.26. The van der Waals surface area contributed by atoms with Gasteiger partial charge >= 0.3 is 6.18 Å². The van der Waals surface area contributed by atoms with Gasteiger partial charge in [-0.3, -0.25) is 0 Å². The number of rotatable bonds is 1. The first kappa shape index (κ1) is 10.7. The smallest absolute Gasteiger partial charge is 0.326 e. The van der Waals surface area contributed by atoms with Crippen LogP contribution in [0.1, 0.15) is 6.92 Å². The highest BCUT2D eigenvalue weighted by molar-refractivity contribution is 7.97. The first-order valence-corrected chi connectivity index (χ1v) is 4.50. The Labute approximate surface area is 78.5 Å². The van der Waals surface area contributed by atoms with Crippen molar-refractivity contribution in [3.63, 3.8) is 0 Å². The van der Waals surface area contributed by atoms with Crippen molar-refractivity contribution in [2.75, 3.05) is 0 Å². The fourth-order valence-electron chi connectivity index (χ4n) is 1.27. The molecule has 0 aromatic carbocycles. The predicted molar refractivity (Wildman–Crippen MR) is 46.2 cm³/mol. The van der Waals surface area contributed by atoms with Gasteiger partial charge in [0.15, 0.2) is 0 Å². The van der Waals surface area contributed by atoms with Crippen LogP contribution in [-0.2, 0) is 0 Å². The van der Waals surface area contributed by atoms with Crippen molar-refractivity contribution < 1.29 is 17.7 Å². The van der Waals surface area contributed by atoms with E-state index in [-0.39, 0.29) is 0 Å². The summed E-state index contributed by atoms with van der Waals surface area (Å²) in [5.41, 5.74) is 0. The average molecular weight is 210 g/mol. The summed E-state index contributed by atoms with van der Waals surface area (Å²) in [6.07, 6.45) is -0.288. The summed E-state index contributed by atoms with van der Waals surface area (Å²) in [6.45, 7) is 1.46. The third-order valence-corrected chi connectivity index (χ3v) is 2.77. The van der Waals surface area contributed by atoms with E-state index < -0.39 is 18.0 Å². The van der Waals surface area contributed by atoms with Gasteiger partial charge in [0.05, 0.1) is 5.92 Å². The summed E-state index contributed by atoms with van der Waals surface area (Å²) in [7, 11) is 0. The molecule has 0 aliphatic heterocycles. The molecule has 1 aliphatic carbocycles. The van der Waals surface area contributed by atoms with Crippen LogP contribution in [0.3, 0.4) is 0 Å². The summed E-state index contributed by atoms with van der Waals surface area (Å²) >= 11 is 0.384. The molecule has 5 heteroatoms.